The van der Waals surface area contributed by atoms with Gasteiger partial charge in [-0.05, 0) is 47.5 Å². The van der Waals surface area contributed by atoms with Gasteiger partial charge in [-0.15, -0.1) is 11.3 Å². The van der Waals surface area contributed by atoms with E-state index in [0.29, 0.717) is 23.3 Å². The molecule has 0 aliphatic heterocycles. The number of nitrogens with zero attached hydrogens (tertiary/aromatic N) is 5. The molecule has 11 rings (SSSR count). The zero-order valence-electron chi connectivity index (χ0n) is 29.8. The Morgan fingerprint density at radius 2 is 0.982 bits per heavy atom. The molecule has 56 heavy (non-hydrogen) atoms. The van der Waals surface area contributed by atoms with E-state index in [-0.39, 0.29) is 0 Å². The lowest BCUT2D eigenvalue weighted by Gasteiger charge is -2.10. The summed E-state index contributed by atoms with van der Waals surface area (Å²) in [7, 11) is 0. The van der Waals surface area contributed by atoms with E-state index in [1.54, 1.807) is 11.3 Å². The lowest BCUT2D eigenvalue weighted by Crippen LogP contribution is -2.00. The maximum Gasteiger partial charge on any atom is 0.164 e. The Bertz CT molecular complexity index is 3190. The second-order valence-electron chi connectivity index (χ2n) is 13.6. The molecule has 0 fully saturated rings. The predicted octanol–water partition coefficient (Wildman–Crippen LogP) is 12.9. The van der Waals surface area contributed by atoms with Gasteiger partial charge in [0, 0.05) is 48.7 Å². The molecule has 0 radical (unpaired) electrons. The molecule has 4 aromatic heterocycles. The molecule has 0 atom stereocenters. The molecular weight excluding hydrogens is 707 g/mol. The van der Waals surface area contributed by atoms with E-state index < -0.39 is 0 Å². The van der Waals surface area contributed by atoms with Crippen molar-refractivity contribution in [2.24, 2.45) is 0 Å². The molecule has 0 amide bonds. The maximum atomic E-state index is 6.52. The van der Waals surface area contributed by atoms with E-state index in [1.165, 1.54) is 4.70 Å². The summed E-state index contributed by atoms with van der Waals surface area (Å²) in [6.45, 7) is 0. The lowest BCUT2D eigenvalue weighted by molar-refractivity contribution is 0.669. The molecule has 11 aromatic rings. The van der Waals surface area contributed by atoms with Gasteiger partial charge < -0.3 is 4.42 Å². The average molecular weight is 736 g/mol. The minimum atomic E-state index is 0.575. The van der Waals surface area contributed by atoms with Crippen molar-refractivity contribution in [3.8, 4) is 67.9 Å². The van der Waals surface area contributed by atoms with Gasteiger partial charge in [0.2, 0.25) is 0 Å². The van der Waals surface area contributed by atoms with E-state index in [9.17, 15) is 0 Å². The number of fused-ring (bicyclic) bond motifs is 6. The number of hydrogen-bond acceptors (Lipinski definition) is 7. The van der Waals surface area contributed by atoms with Crippen LogP contribution < -0.4 is 0 Å². The molecule has 7 aromatic carbocycles. The average Bonchev–Trinajstić information content (AvgIpc) is 3.85. The van der Waals surface area contributed by atoms with Crippen LogP contribution in [-0.2, 0) is 0 Å². The molecule has 0 bridgehead atoms. The van der Waals surface area contributed by atoms with Crippen LogP contribution in [0.4, 0.5) is 0 Å². The Hall–Kier alpha value is -7.35. The highest BCUT2D eigenvalue weighted by Crippen LogP contribution is 2.43. The summed E-state index contributed by atoms with van der Waals surface area (Å²) in [5.74, 6) is 2.47. The summed E-state index contributed by atoms with van der Waals surface area (Å²) in [5, 5.41) is 3.01. The molecular formula is C49H29N5OS. The van der Waals surface area contributed by atoms with Gasteiger partial charge in [0.1, 0.15) is 11.2 Å². The van der Waals surface area contributed by atoms with Crippen LogP contribution in [0.15, 0.2) is 180 Å². The Kier molecular flexibility index (Phi) is 7.57. The van der Waals surface area contributed by atoms with E-state index in [4.69, 9.17) is 29.3 Å². The topological polar surface area (TPSA) is 77.6 Å². The van der Waals surface area contributed by atoms with Crippen molar-refractivity contribution in [3.63, 3.8) is 0 Å². The van der Waals surface area contributed by atoms with Gasteiger partial charge in [-0.2, -0.15) is 0 Å². The lowest BCUT2D eigenvalue weighted by atomic mass is 10.0. The standard InChI is InChI=1S/C49H29N5OS/c1-4-14-30(15-5-1)33-20-12-21-35(28-33)48-50-43(45-44(51-48)36-22-10-11-25-41(36)56-45)34-26-27-39-38(29-34)42-37(23-13-24-40(42)55-39)49-53-46(31-16-6-2-7-17-31)52-47(54-49)32-18-8-3-9-19-32/h1-29H. The van der Waals surface area contributed by atoms with E-state index >= 15 is 0 Å². The molecule has 6 nitrogen and oxygen atoms in total. The quantitative estimate of drug-likeness (QED) is 0.169. The number of hydrogen-bond donors (Lipinski definition) is 0. The van der Waals surface area contributed by atoms with Gasteiger partial charge in [-0.3, -0.25) is 0 Å². The molecule has 0 N–H and O–H groups in total. The molecule has 0 saturated carbocycles. The molecule has 0 aliphatic carbocycles. The normalized spacial score (nSPS) is 11.6. The summed E-state index contributed by atoms with van der Waals surface area (Å²) in [5.41, 5.74) is 10.2. The number of aromatic nitrogens is 5. The van der Waals surface area contributed by atoms with E-state index in [1.807, 2.05) is 84.9 Å². The van der Waals surface area contributed by atoms with E-state index in [2.05, 4.69) is 91.0 Å². The van der Waals surface area contributed by atoms with Crippen molar-refractivity contribution in [3.05, 3.63) is 176 Å². The number of rotatable bonds is 6. The van der Waals surface area contributed by atoms with Crippen molar-refractivity contribution >= 4 is 53.6 Å². The Morgan fingerprint density at radius 3 is 1.73 bits per heavy atom. The number of benzene rings is 7. The highest BCUT2D eigenvalue weighted by molar-refractivity contribution is 7.26. The molecule has 0 aliphatic rings. The fourth-order valence-electron chi connectivity index (χ4n) is 7.47. The summed E-state index contributed by atoms with van der Waals surface area (Å²) in [6, 6.07) is 59.8. The molecule has 0 unspecified atom stereocenters. The van der Waals surface area contributed by atoms with Gasteiger partial charge in [-0.1, -0.05) is 140 Å². The van der Waals surface area contributed by atoms with Crippen molar-refractivity contribution in [2.75, 3.05) is 0 Å². The SMILES string of the molecule is c1ccc(-c2cccc(-c3nc(-c4ccc5oc6cccc(-c7nc(-c8ccccc8)nc(-c8ccccc8)n7)c6c5c4)c4sc5ccccc5c4n3)c2)cc1. The summed E-state index contributed by atoms with van der Waals surface area (Å²) in [4.78, 5) is 25.7. The van der Waals surface area contributed by atoms with Gasteiger partial charge in [0.15, 0.2) is 23.3 Å². The van der Waals surface area contributed by atoms with Gasteiger partial charge in [0.25, 0.3) is 0 Å². The van der Waals surface area contributed by atoms with Crippen molar-refractivity contribution < 1.29 is 4.42 Å². The second kappa shape index (κ2) is 13.2. The number of thiophene rings is 1. The first-order chi connectivity index (χ1) is 27.7. The first kappa shape index (κ1) is 32.1. The minimum absolute atomic E-state index is 0.575. The summed E-state index contributed by atoms with van der Waals surface area (Å²) in [6.07, 6.45) is 0. The highest BCUT2D eigenvalue weighted by atomic mass is 32.1. The third kappa shape index (κ3) is 5.52. The van der Waals surface area contributed by atoms with Crippen LogP contribution >= 0.6 is 11.3 Å². The van der Waals surface area contributed by atoms with Crippen LogP contribution in [0.25, 0.3) is 110 Å². The monoisotopic (exact) mass is 735 g/mol. The van der Waals surface area contributed by atoms with Crippen LogP contribution in [0.3, 0.4) is 0 Å². The molecule has 4 heterocycles. The van der Waals surface area contributed by atoms with Crippen LogP contribution in [0.2, 0.25) is 0 Å². The minimum Gasteiger partial charge on any atom is -0.456 e. The predicted molar refractivity (Wildman–Crippen MR) is 228 cm³/mol. The molecule has 7 heteroatoms. The molecule has 0 spiro atoms. The maximum absolute atomic E-state index is 6.52. The fourth-order valence-corrected chi connectivity index (χ4v) is 8.63. The molecule has 262 valence electrons. The first-order valence-electron chi connectivity index (χ1n) is 18.4. The summed E-state index contributed by atoms with van der Waals surface area (Å²) < 4.78 is 8.73. The molecule has 0 saturated heterocycles. The zero-order valence-corrected chi connectivity index (χ0v) is 30.6. The van der Waals surface area contributed by atoms with Crippen molar-refractivity contribution in [1.82, 2.24) is 24.9 Å². The van der Waals surface area contributed by atoms with Gasteiger partial charge >= 0.3 is 0 Å². The third-order valence-electron chi connectivity index (χ3n) is 10.2. The fraction of sp³-hybridized carbons (Fsp3) is 0. The van der Waals surface area contributed by atoms with Gasteiger partial charge in [0.05, 0.1) is 15.9 Å². The van der Waals surface area contributed by atoms with Crippen LogP contribution in [0, 0.1) is 0 Å². The summed E-state index contributed by atoms with van der Waals surface area (Å²) >= 11 is 1.72. The Morgan fingerprint density at radius 1 is 0.375 bits per heavy atom. The van der Waals surface area contributed by atoms with Crippen LogP contribution in [0.5, 0.6) is 0 Å². The van der Waals surface area contributed by atoms with Crippen molar-refractivity contribution in [1.29, 1.82) is 0 Å². The first-order valence-corrected chi connectivity index (χ1v) is 19.2. The number of furan rings is 1. The zero-order chi connectivity index (χ0) is 37.0. The third-order valence-corrected chi connectivity index (χ3v) is 11.3. The van der Waals surface area contributed by atoms with Crippen LogP contribution in [0.1, 0.15) is 0 Å². The van der Waals surface area contributed by atoms with Gasteiger partial charge in [-0.25, -0.2) is 24.9 Å². The highest BCUT2D eigenvalue weighted by Gasteiger charge is 2.21. The van der Waals surface area contributed by atoms with Crippen molar-refractivity contribution in [2.45, 2.75) is 0 Å². The largest absolute Gasteiger partial charge is 0.456 e. The second-order valence-corrected chi connectivity index (χ2v) is 14.7. The Labute approximate surface area is 325 Å². The van der Waals surface area contributed by atoms with Crippen LogP contribution in [-0.4, -0.2) is 24.9 Å². The van der Waals surface area contributed by atoms with E-state index in [0.717, 1.165) is 82.2 Å². The smallest absolute Gasteiger partial charge is 0.164 e. The Balaban J connectivity index is 1.13.